The van der Waals surface area contributed by atoms with Crippen molar-refractivity contribution in [3.05, 3.63) is 0 Å². The summed E-state index contributed by atoms with van der Waals surface area (Å²) >= 11 is 0. The Kier molecular flexibility index (Phi) is 5.28. The zero-order valence-corrected chi connectivity index (χ0v) is 9.66. The van der Waals surface area contributed by atoms with E-state index in [4.69, 9.17) is 9.84 Å². The topological polar surface area (TPSA) is 75.6 Å². The van der Waals surface area contributed by atoms with Gasteiger partial charge in [0.2, 0.25) is 5.91 Å². The van der Waals surface area contributed by atoms with Gasteiger partial charge >= 0.3 is 5.97 Å². The summed E-state index contributed by atoms with van der Waals surface area (Å²) in [7, 11) is 1.58. The Morgan fingerprint density at radius 2 is 2.00 bits per heavy atom. The van der Waals surface area contributed by atoms with Gasteiger partial charge in [0.25, 0.3) is 0 Å². The van der Waals surface area contributed by atoms with Gasteiger partial charge in [-0.15, -0.1) is 0 Å². The van der Waals surface area contributed by atoms with Crippen LogP contribution in [0.5, 0.6) is 0 Å². The maximum Gasteiger partial charge on any atom is 0.318 e. The number of ether oxygens (including phenoxy) is 1. The molecular formula is C10H19NO4. The van der Waals surface area contributed by atoms with Gasteiger partial charge in [0.15, 0.2) is 0 Å². The van der Waals surface area contributed by atoms with Crippen molar-refractivity contribution in [1.82, 2.24) is 5.32 Å². The van der Waals surface area contributed by atoms with Gasteiger partial charge in [0, 0.05) is 13.7 Å². The molecule has 0 heterocycles. The van der Waals surface area contributed by atoms with Crippen LogP contribution in [0, 0.1) is 11.3 Å². The van der Waals surface area contributed by atoms with Crippen LogP contribution in [-0.4, -0.2) is 37.2 Å². The molecule has 0 aliphatic carbocycles. The monoisotopic (exact) mass is 217 g/mol. The lowest BCUT2D eigenvalue weighted by atomic mass is 9.92. The van der Waals surface area contributed by atoms with Crippen LogP contribution in [0.1, 0.15) is 20.8 Å². The Morgan fingerprint density at radius 3 is 2.40 bits per heavy atom. The Bertz CT molecular complexity index is 238. The molecule has 0 aromatic heterocycles. The zero-order chi connectivity index (χ0) is 12.1. The summed E-state index contributed by atoms with van der Waals surface area (Å²) in [5, 5.41) is 11.4. The second-order valence-corrected chi connectivity index (χ2v) is 4.20. The third kappa shape index (κ3) is 4.29. The van der Waals surface area contributed by atoms with Crippen molar-refractivity contribution in [2.24, 2.45) is 11.3 Å². The molecule has 0 radical (unpaired) electrons. The lowest BCUT2D eigenvalue weighted by Gasteiger charge is -2.20. The average molecular weight is 217 g/mol. The molecule has 0 saturated heterocycles. The first-order valence-electron chi connectivity index (χ1n) is 4.83. The fourth-order valence-corrected chi connectivity index (χ4v) is 0.928. The number of carbonyl (C=O) groups excluding carboxylic acids is 1. The van der Waals surface area contributed by atoms with Gasteiger partial charge in [0.1, 0.15) is 5.41 Å². The van der Waals surface area contributed by atoms with Gasteiger partial charge < -0.3 is 15.2 Å². The van der Waals surface area contributed by atoms with E-state index in [-0.39, 0.29) is 5.92 Å². The number of carboxylic acids is 1. The predicted molar refractivity (Wildman–Crippen MR) is 55.5 cm³/mol. The molecule has 0 rings (SSSR count). The van der Waals surface area contributed by atoms with E-state index >= 15 is 0 Å². The van der Waals surface area contributed by atoms with E-state index in [1.54, 1.807) is 7.11 Å². The van der Waals surface area contributed by atoms with Crippen molar-refractivity contribution >= 4 is 11.9 Å². The second kappa shape index (κ2) is 5.70. The molecule has 0 aliphatic heterocycles. The smallest absolute Gasteiger partial charge is 0.318 e. The van der Waals surface area contributed by atoms with Crippen LogP contribution in [0.2, 0.25) is 0 Å². The number of methoxy groups -OCH3 is 1. The average Bonchev–Trinajstić information content (AvgIpc) is 2.14. The lowest BCUT2D eigenvalue weighted by Crippen LogP contribution is -2.44. The Labute approximate surface area is 89.8 Å². The van der Waals surface area contributed by atoms with Crippen LogP contribution in [0.3, 0.4) is 0 Å². The van der Waals surface area contributed by atoms with Gasteiger partial charge in [-0.25, -0.2) is 0 Å². The number of carbonyl (C=O) groups is 2. The number of aliphatic carboxylic acids is 1. The first kappa shape index (κ1) is 13.9. The van der Waals surface area contributed by atoms with Gasteiger partial charge in [0.05, 0.1) is 6.61 Å². The molecule has 1 unspecified atom stereocenters. The summed E-state index contributed by atoms with van der Waals surface area (Å²) in [6.07, 6.45) is 0. The molecule has 88 valence electrons. The van der Waals surface area contributed by atoms with Gasteiger partial charge in [-0.05, 0) is 19.8 Å². The molecular weight excluding hydrogens is 198 g/mol. The number of hydrogen-bond acceptors (Lipinski definition) is 3. The summed E-state index contributed by atoms with van der Waals surface area (Å²) in [6, 6.07) is 0. The highest BCUT2D eigenvalue weighted by Crippen LogP contribution is 2.14. The number of nitrogens with one attached hydrogen (secondary N) is 1. The van der Waals surface area contributed by atoms with Gasteiger partial charge in [-0.3, -0.25) is 9.59 Å². The van der Waals surface area contributed by atoms with Crippen molar-refractivity contribution < 1.29 is 19.4 Å². The summed E-state index contributed by atoms with van der Waals surface area (Å²) < 4.78 is 4.90. The largest absolute Gasteiger partial charge is 0.480 e. The Balaban J connectivity index is 4.09. The number of carboxylic acid groups (broad SMARTS) is 1. The number of hydrogen-bond donors (Lipinski definition) is 2. The molecule has 0 aliphatic rings. The predicted octanol–water partition coefficient (Wildman–Crippen LogP) is 0.496. The van der Waals surface area contributed by atoms with Crippen LogP contribution in [0.25, 0.3) is 0 Å². The van der Waals surface area contributed by atoms with Crippen LogP contribution >= 0.6 is 0 Å². The maximum absolute atomic E-state index is 11.5. The molecule has 0 aromatic rings. The number of rotatable bonds is 6. The summed E-state index contributed by atoms with van der Waals surface area (Å²) in [5.41, 5.74) is -1.38. The number of amides is 1. The van der Waals surface area contributed by atoms with E-state index < -0.39 is 17.3 Å². The van der Waals surface area contributed by atoms with Crippen molar-refractivity contribution in [3.8, 4) is 0 Å². The van der Waals surface area contributed by atoms with Crippen LogP contribution in [0.4, 0.5) is 0 Å². The van der Waals surface area contributed by atoms with E-state index in [1.807, 2.05) is 6.92 Å². The summed E-state index contributed by atoms with van der Waals surface area (Å²) in [6.45, 7) is 5.63. The fourth-order valence-electron chi connectivity index (χ4n) is 0.928. The molecule has 0 spiro atoms. The molecule has 1 atom stereocenters. The minimum atomic E-state index is -1.38. The first-order chi connectivity index (χ1) is 6.82. The molecule has 0 bridgehead atoms. The highest BCUT2D eigenvalue weighted by atomic mass is 16.5. The molecule has 5 heteroatoms. The van der Waals surface area contributed by atoms with Crippen molar-refractivity contribution in [1.29, 1.82) is 0 Å². The van der Waals surface area contributed by atoms with E-state index in [2.05, 4.69) is 5.32 Å². The molecule has 0 fully saturated rings. The lowest BCUT2D eigenvalue weighted by molar-refractivity contribution is -0.153. The highest BCUT2D eigenvalue weighted by Gasteiger charge is 2.35. The van der Waals surface area contributed by atoms with E-state index in [9.17, 15) is 9.59 Å². The molecule has 2 N–H and O–H groups in total. The minimum Gasteiger partial charge on any atom is -0.480 e. The minimum absolute atomic E-state index is 0.170. The second-order valence-electron chi connectivity index (χ2n) is 4.20. The summed E-state index contributed by atoms with van der Waals surface area (Å²) in [5.74, 6) is -1.43. The zero-order valence-electron chi connectivity index (χ0n) is 9.66. The molecule has 5 nitrogen and oxygen atoms in total. The SMILES string of the molecule is COCC(C)CNC(=O)C(C)(C)C(=O)O. The molecule has 0 aromatic carbocycles. The molecule has 15 heavy (non-hydrogen) atoms. The van der Waals surface area contributed by atoms with Crippen molar-refractivity contribution in [2.75, 3.05) is 20.3 Å². The Hall–Kier alpha value is -1.10. The molecule has 0 saturated carbocycles. The summed E-state index contributed by atoms with van der Waals surface area (Å²) in [4.78, 5) is 22.2. The first-order valence-corrected chi connectivity index (χ1v) is 4.83. The maximum atomic E-state index is 11.5. The third-order valence-electron chi connectivity index (χ3n) is 2.16. The fraction of sp³-hybridized carbons (Fsp3) is 0.800. The van der Waals surface area contributed by atoms with Crippen LogP contribution < -0.4 is 5.32 Å². The van der Waals surface area contributed by atoms with Crippen LogP contribution in [0.15, 0.2) is 0 Å². The van der Waals surface area contributed by atoms with E-state index in [1.165, 1.54) is 13.8 Å². The third-order valence-corrected chi connectivity index (χ3v) is 2.16. The highest BCUT2D eigenvalue weighted by molar-refractivity contribution is 6.00. The van der Waals surface area contributed by atoms with Crippen molar-refractivity contribution in [2.45, 2.75) is 20.8 Å². The van der Waals surface area contributed by atoms with E-state index in [0.29, 0.717) is 13.2 Å². The van der Waals surface area contributed by atoms with E-state index in [0.717, 1.165) is 0 Å². The molecule has 1 amide bonds. The normalized spacial score (nSPS) is 13.3. The van der Waals surface area contributed by atoms with Crippen LogP contribution in [-0.2, 0) is 14.3 Å². The quantitative estimate of drug-likeness (QED) is 0.635. The van der Waals surface area contributed by atoms with Crippen molar-refractivity contribution in [3.63, 3.8) is 0 Å². The van der Waals surface area contributed by atoms with Gasteiger partial charge in [-0.2, -0.15) is 0 Å². The Morgan fingerprint density at radius 1 is 1.47 bits per heavy atom. The standard InChI is InChI=1S/C10H19NO4/c1-7(6-15-4)5-11-8(12)10(2,3)9(13)14/h7H,5-6H2,1-4H3,(H,11,12)(H,13,14). The van der Waals surface area contributed by atoms with Gasteiger partial charge in [-0.1, -0.05) is 6.92 Å².